The van der Waals surface area contributed by atoms with E-state index in [0.29, 0.717) is 26.2 Å². The third-order valence-corrected chi connectivity index (χ3v) is 4.91. The summed E-state index contributed by atoms with van der Waals surface area (Å²) in [4.78, 5) is 19.5. The molecule has 0 bridgehead atoms. The van der Waals surface area contributed by atoms with Crippen molar-refractivity contribution in [2.75, 3.05) is 19.7 Å². The molecule has 1 aliphatic heterocycles. The van der Waals surface area contributed by atoms with Crippen LogP contribution in [0.1, 0.15) is 16.1 Å². The number of morpholine rings is 1. The molecule has 5 nitrogen and oxygen atoms in total. The number of carbonyl (C=O) groups excluding carboxylic acids is 1. The minimum atomic E-state index is -0.0286. The molecule has 6 heteroatoms. The number of ether oxygens (including phenoxy) is 1. The van der Waals surface area contributed by atoms with Crippen LogP contribution in [0.5, 0.6) is 0 Å². The van der Waals surface area contributed by atoms with Crippen LogP contribution >= 0.6 is 11.3 Å². The molecule has 1 atom stereocenters. The Morgan fingerprint density at radius 3 is 3.00 bits per heavy atom. The van der Waals surface area contributed by atoms with Crippen LogP contribution in [0.2, 0.25) is 0 Å². The number of nitrogens with zero attached hydrogens (tertiary/aromatic N) is 2. The third kappa shape index (κ3) is 4.30. The van der Waals surface area contributed by atoms with E-state index in [0.717, 1.165) is 17.0 Å². The second kappa shape index (κ2) is 7.57. The first-order valence-corrected chi connectivity index (χ1v) is 8.67. The van der Waals surface area contributed by atoms with Crippen molar-refractivity contribution in [2.24, 2.45) is 0 Å². The molecule has 1 aliphatic rings. The van der Waals surface area contributed by atoms with Gasteiger partial charge in [-0.3, -0.25) is 0 Å². The van der Waals surface area contributed by atoms with E-state index in [1.807, 2.05) is 30.0 Å². The summed E-state index contributed by atoms with van der Waals surface area (Å²) >= 11 is 1.57. The molecule has 0 spiro atoms. The Labute approximate surface area is 140 Å². The van der Waals surface area contributed by atoms with Crippen molar-refractivity contribution < 1.29 is 9.53 Å². The van der Waals surface area contributed by atoms with Gasteiger partial charge in [-0.1, -0.05) is 30.3 Å². The largest absolute Gasteiger partial charge is 0.374 e. The molecule has 122 valence electrons. The van der Waals surface area contributed by atoms with Gasteiger partial charge in [0.2, 0.25) is 0 Å². The fraction of sp³-hybridized carbons (Fsp3) is 0.412. The van der Waals surface area contributed by atoms with Crippen molar-refractivity contribution in [3.05, 3.63) is 52.0 Å². The number of carbonyl (C=O) groups is 1. The van der Waals surface area contributed by atoms with Gasteiger partial charge in [-0.25, -0.2) is 9.78 Å². The fourth-order valence-electron chi connectivity index (χ4n) is 2.67. The molecule has 3 rings (SSSR count). The number of rotatable bonds is 4. The summed E-state index contributed by atoms with van der Waals surface area (Å²) in [5.74, 6) is 0. The lowest BCUT2D eigenvalue weighted by molar-refractivity contribution is -0.0133. The van der Waals surface area contributed by atoms with E-state index >= 15 is 0 Å². The maximum atomic E-state index is 12.3. The third-order valence-electron chi connectivity index (χ3n) is 3.98. The second-order valence-electron chi connectivity index (χ2n) is 5.65. The normalized spacial score (nSPS) is 18.0. The maximum absolute atomic E-state index is 12.3. The molecule has 23 heavy (non-hydrogen) atoms. The van der Waals surface area contributed by atoms with Gasteiger partial charge in [0, 0.05) is 24.4 Å². The van der Waals surface area contributed by atoms with E-state index in [2.05, 4.69) is 22.4 Å². The summed E-state index contributed by atoms with van der Waals surface area (Å²) in [5, 5.41) is 2.98. The summed E-state index contributed by atoms with van der Waals surface area (Å²) in [5.41, 5.74) is 4.03. The molecular weight excluding hydrogens is 310 g/mol. The molecule has 2 heterocycles. The van der Waals surface area contributed by atoms with Gasteiger partial charge in [0.15, 0.2) is 0 Å². The van der Waals surface area contributed by atoms with Crippen LogP contribution in [-0.2, 0) is 17.7 Å². The smallest absolute Gasteiger partial charge is 0.317 e. The van der Waals surface area contributed by atoms with Crippen molar-refractivity contribution in [3.8, 4) is 0 Å². The molecule has 2 aromatic rings. The highest BCUT2D eigenvalue weighted by atomic mass is 32.1. The van der Waals surface area contributed by atoms with Crippen LogP contribution in [0.15, 0.2) is 35.8 Å². The van der Waals surface area contributed by atoms with E-state index in [9.17, 15) is 4.79 Å². The minimum Gasteiger partial charge on any atom is -0.374 e. The minimum absolute atomic E-state index is 0.0286. The van der Waals surface area contributed by atoms with Crippen LogP contribution < -0.4 is 5.32 Å². The molecule has 1 saturated heterocycles. The van der Waals surface area contributed by atoms with Gasteiger partial charge in [0.05, 0.1) is 30.5 Å². The molecule has 0 radical (unpaired) electrons. The number of nitrogens with one attached hydrogen (secondary N) is 1. The van der Waals surface area contributed by atoms with E-state index in [1.54, 1.807) is 16.8 Å². The highest BCUT2D eigenvalue weighted by Crippen LogP contribution is 2.14. The number of urea groups is 1. The van der Waals surface area contributed by atoms with E-state index in [-0.39, 0.29) is 12.1 Å². The molecule has 0 saturated carbocycles. The standard InChI is InChI=1S/C17H21N3O2S/c1-13-16(23-12-19-13)10-18-17(21)20-7-8-22-15(11-20)9-14-5-3-2-4-6-14/h2-6,12,15H,7-11H2,1H3,(H,18,21)/t15-/m0/s1. The number of aromatic nitrogens is 1. The number of aryl methyl sites for hydroxylation is 1. The maximum Gasteiger partial charge on any atom is 0.317 e. The van der Waals surface area contributed by atoms with Gasteiger partial charge in [-0.15, -0.1) is 11.3 Å². The average molecular weight is 331 g/mol. The van der Waals surface area contributed by atoms with Crippen LogP contribution in [0.4, 0.5) is 4.79 Å². The van der Waals surface area contributed by atoms with Crippen LogP contribution in [0.25, 0.3) is 0 Å². The zero-order chi connectivity index (χ0) is 16.1. The summed E-state index contributed by atoms with van der Waals surface area (Å²) in [7, 11) is 0. The first-order chi connectivity index (χ1) is 11.2. The lowest BCUT2D eigenvalue weighted by Gasteiger charge is -2.33. The van der Waals surface area contributed by atoms with Gasteiger partial charge >= 0.3 is 6.03 Å². The molecule has 1 N–H and O–H groups in total. The fourth-order valence-corrected chi connectivity index (χ4v) is 3.38. The van der Waals surface area contributed by atoms with E-state index < -0.39 is 0 Å². The van der Waals surface area contributed by atoms with E-state index in [4.69, 9.17) is 4.74 Å². The molecule has 1 aromatic heterocycles. The number of amides is 2. The summed E-state index contributed by atoms with van der Waals surface area (Å²) in [6, 6.07) is 10.2. The zero-order valence-corrected chi connectivity index (χ0v) is 14.0. The van der Waals surface area contributed by atoms with Gasteiger partial charge in [0.1, 0.15) is 0 Å². The predicted molar refractivity (Wildman–Crippen MR) is 90.5 cm³/mol. The Balaban J connectivity index is 1.51. The molecular formula is C17H21N3O2S. The second-order valence-corrected chi connectivity index (χ2v) is 6.59. The van der Waals surface area contributed by atoms with Crippen molar-refractivity contribution in [3.63, 3.8) is 0 Å². The van der Waals surface area contributed by atoms with Gasteiger partial charge in [-0.2, -0.15) is 0 Å². The SMILES string of the molecule is Cc1ncsc1CNC(=O)N1CCO[C@@H](Cc2ccccc2)C1. The number of benzene rings is 1. The Hall–Kier alpha value is -1.92. The van der Waals surface area contributed by atoms with Crippen LogP contribution in [-0.4, -0.2) is 41.7 Å². The van der Waals surface area contributed by atoms with Crippen molar-refractivity contribution in [2.45, 2.75) is 26.0 Å². The van der Waals surface area contributed by atoms with Crippen molar-refractivity contribution in [1.82, 2.24) is 15.2 Å². The lowest BCUT2D eigenvalue weighted by Crippen LogP contribution is -2.50. The highest BCUT2D eigenvalue weighted by Gasteiger charge is 2.24. The zero-order valence-electron chi connectivity index (χ0n) is 13.2. The van der Waals surface area contributed by atoms with Crippen molar-refractivity contribution in [1.29, 1.82) is 0 Å². The van der Waals surface area contributed by atoms with E-state index in [1.165, 1.54) is 5.56 Å². The first kappa shape index (κ1) is 16.0. The Kier molecular flexibility index (Phi) is 5.25. The Morgan fingerprint density at radius 1 is 1.43 bits per heavy atom. The summed E-state index contributed by atoms with van der Waals surface area (Å²) in [6.45, 7) is 4.35. The predicted octanol–water partition coefficient (Wildman–Crippen LogP) is 2.60. The molecule has 0 unspecified atom stereocenters. The lowest BCUT2D eigenvalue weighted by atomic mass is 10.1. The van der Waals surface area contributed by atoms with Gasteiger partial charge in [0.25, 0.3) is 0 Å². The summed E-state index contributed by atoms with van der Waals surface area (Å²) < 4.78 is 5.80. The average Bonchev–Trinajstić information content (AvgIpc) is 2.99. The number of hydrogen-bond donors (Lipinski definition) is 1. The van der Waals surface area contributed by atoms with Crippen LogP contribution in [0.3, 0.4) is 0 Å². The quantitative estimate of drug-likeness (QED) is 0.937. The molecule has 1 aromatic carbocycles. The van der Waals surface area contributed by atoms with Gasteiger partial charge < -0.3 is 15.0 Å². The monoisotopic (exact) mass is 331 g/mol. The van der Waals surface area contributed by atoms with Gasteiger partial charge in [-0.05, 0) is 12.5 Å². The first-order valence-electron chi connectivity index (χ1n) is 7.79. The summed E-state index contributed by atoms with van der Waals surface area (Å²) in [6.07, 6.45) is 0.889. The van der Waals surface area contributed by atoms with Crippen molar-refractivity contribution >= 4 is 17.4 Å². The molecule has 0 aliphatic carbocycles. The molecule has 2 amide bonds. The van der Waals surface area contributed by atoms with Crippen LogP contribution in [0, 0.1) is 6.92 Å². The Morgan fingerprint density at radius 2 is 2.26 bits per heavy atom. The molecule has 1 fully saturated rings. The topological polar surface area (TPSA) is 54.5 Å². The number of hydrogen-bond acceptors (Lipinski definition) is 4. The number of thiazole rings is 1. The Bertz CT molecular complexity index is 644. The highest BCUT2D eigenvalue weighted by molar-refractivity contribution is 7.09.